The predicted octanol–water partition coefficient (Wildman–Crippen LogP) is 1.82. The number of hydrogen-bond acceptors (Lipinski definition) is 3. The van der Waals surface area contributed by atoms with Crippen molar-refractivity contribution in [1.29, 1.82) is 0 Å². The number of carbonyl (C=O) groups is 1. The first-order valence-electron chi connectivity index (χ1n) is 6.81. The molecule has 1 aromatic rings. The van der Waals surface area contributed by atoms with E-state index in [4.69, 9.17) is 5.11 Å². The van der Waals surface area contributed by atoms with Gasteiger partial charge in [-0.1, -0.05) is 6.92 Å². The van der Waals surface area contributed by atoms with E-state index in [2.05, 4.69) is 4.72 Å². The molecule has 2 rings (SSSR count). The van der Waals surface area contributed by atoms with Gasteiger partial charge in [0.15, 0.2) is 0 Å². The summed E-state index contributed by atoms with van der Waals surface area (Å²) in [4.78, 5) is 11.1. The van der Waals surface area contributed by atoms with Crippen molar-refractivity contribution in [2.45, 2.75) is 56.5 Å². The van der Waals surface area contributed by atoms with Gasteiger partial charge < -0.3 is 9.67 Å². The lowest BCUT2D eigenvalue weighted by molar-refractivity contribution is 0.0685. The molecule has 0 aromatic carbocycles. The van der Waals surface area contributed by atoms with Crippen molar-refractivity contribution >= 4 is 16.0 Å². The molecule has 0 aliphatic heterocycles. The number of aromatic carboxylic acids is 1. The summed E-state index contributed by atoms with van der Waals surface area (Å²) < 4.78 is 28.9. The number of nitrogens with zero attached hydrogens (tertiary/aromatic N) is 1. The van der Waals surface area contributed by atoms with E-state index in [-0.39, 0.29) is 16.1 Å². The van der Waals surface area contributed by atoms with E-state index >= 15 is 0 Å². The van der Waals surface area contributed by atoms with Gasteiger partial charge in [0.2, 0.25) is 10.0 Å². The fourth-order valence-corrected chi connectivity index (χ4v) is 4.12. The lowest BCUT2D eigenvalue weighted by Gasteiger charge is -2.41. The lowest BCUT2D eigenvalue weighted by Crippen LogP contribution is -2.52. The second-order valence-corrected chi connectivity index (χ2v) is 6.93. The Bertz CT molecular complexity index is 609. The minimum atomic E-state index is -3.67. The zero-order chi connectivity index (χ0) is 15.0. The monoisotopic (exact) mass is 300 g/mol. The Morgan fingerprint density at radius 2 is 2.10 bits per heavy atom. The van der Waals surface area contributed by atoms with Gasteiger partial charge in [-0.25, -0.2) is 17.9 Å². The van der Waals surface area contributed by atoms with Crippen LogP contribution >= 0.6 is 0 Å². The van der Waals surface area contributed by atoms with Crippen molar-refractivity contribution in [2.24, 2.45) is 0 Å². The Balaban J connectivity index is 2.32. The zero-order valence-electron chi connectivity index (χ0n) is 11.7. The molecule has 0 radical (unpaired) electrons. The van der Waals surface area contributed by atoms with Crippen molar-refractivity contribution in [3.05, 3.63) is 18.0 Å². The molecule has 0 atom stereocenters. The highest BCUT2D eigenvalue weighted by atomic mass is 32.2. The van der Waals surface area contributed by atoms with Crippen LogP contribution in [0.15, 0.2) is 17.2 Å². The number of sulfonamides is 1. The summed E-state index contributed by atoms with van der Waals surface area (Å²) in [7, 11) is -3.67. The van der Waals surface area contributed by atoms with Crippen LogP contribution in [0.3, 0.4) is 0 Å². The van der Waals surface area contributed by atoms with Gasteiger partial charge in [-0.05, 0) is 38.7 Å². The van der Waals surface area contributed by atoms with Gasteiger partial charge in [-0.2, -0.15) is 0 Å². The highest BCUT2D eigenvalue weighted by Crippen LogP contribution is 2.36. The summed E-state index contributed by atoms with van der Waals surface area (Å²) in [6.45, 7) is 4.15. The first-order chi connectivity index (χ1) is 9.33. The molecule has 1 aliphatic rings. The molecule has 1 aromatic heterocycles. The second kappa shape index (κ2) is 5.21. The number of aryl methyl sites for hydroxylation is 1. The molecular formula is C13H20N2O4S. The predicted molar refractivity (Wildman–Crippen MR) is 74.3 cm³/mol. The van der Waals surface area contributed by atoms with Crippen LogP contribution in [0.4, 0.5) is 0 Å². The van der Waals surface area contributed by atoms with Crippen LogP contribution in [-0.4, -0.2) is 29.6 Å². The normalized spacial score (nSPS) is 17.7. The molecule has 0 unspecified atom stereocenters. The number of carboxylic acids is 1. The van der Waals surface area contributed by atoms with E-state index in [0.717, 1.165) is 25.7 Å². The van der Waals surface area contributed by atoms with Crippen LogP contribution in [-0.2, 0) is 16.6 Å². The molecule has 6 nitrogen and oxygen atoms in total. The minimum Gasteiger partial charge on any atom is -0.477 e. The third-order valence-corrected chi connectivity index (χ3v) is 5.63. The van der Waals surface area contributed by atoms with Gasteiger partial charge in [-0.3, -0.25) is 0 Å². The van der Waals surface area contributed by atoms with E-state index in [1.807, 2.05) is 6.92 Å². The fourth-order valence-electron chi connectivity index (χ4n) is 2.55. The van der Waals surface area contributed by atoms with Crippen molar-refractivity contribution in [3.8, 4) is 0 Å². The maximum absolute atomic E-state index is 12.4. The van der Waals surface area contributed by atoms with Crippen LogP contribution in [0.5, 0.6) is 0 Å². The molecule has 1 saturated carbocycles. The molecule has 7 heteroatoms. The Labute approximate surface area is 118 Å². The number of carboxylic acid groups (broad SMARTS) is 1. The number of rotatable bonds is 6. The molecule has 0 spiro atoms. The summed E-state index contributed by atoms with van der Waals surface area (Å²) in [5.74, 6) is -1.12. The van der Waals surface area contributed by atoms with E-state index in [9.17, 15) is 13.2 Å². The Kier molecular flexibility index (Phi) is 3.93. The van der Waals surface area contributed by atoms with Crippen molar-refractivity contribution in [2.75, 3.05) is 0 Å². The fraction of sp³-hybridized carbons (Fsp3) is 0.615. The number of hydrogen-bond donors (Lipinski definition) is 2. The van der Waals surface area contributed by atoms with Gasteiger partial charge in [0.05, 0.1) is 0 Å². The zero-order valence-corrected chi connectivity index (χ0v) is 12.5. The highest BCUT2D eigenvalue weighted by molar-refractivity contribution is 7.89. The van der Waals surface area contributed by atoms with E-state index < -0.39 is 16.0 Å². The van der Waals surface area contributed by atoms with Gasteiger partial charge in [-0.15, -0.1) is 0 Å². The SMILES string of the molecule is CCn1cc(S(=O)(=O)NC2(CC)CCC2)cc1C(=O)O. The van der Waals surface area contributed by atoms with Crippen LogP contribution in [0, 0.1) is 0 Å². The van der Waals surface area contributed by atoms with Gasteiger partial charge in [0.1, 0.15) is 10.6 Å². The first-order valence-corrected chi connectivity index (χ1v) is 8.29. The quantitative estimate of drug-likeness (QED) is 0.838. The topological polar surface area (TPSA) is 88.4 Å². The molecule has 2 N–H and O–H groups in total. The summed E-state index contributed by atoms with van der Waals surface area (Å²) in [5.41, 5.74) is -0.358. The number of aromatic nitrogens is 1. The summed E-state index contributed by atoms with van der Waals surface area (Å²) in [6, 6.07) is 1.22. The molecule has 20 heavy (non-hydrogen) atoms. The maximum Gasteiger partial charge on any atom is 0.352 e. The molecule has 0 bridgehead atoms. The Morgan fingerprint density at radius 1 is 1.45 bits per heavy atom. The standard InChI is InChI=1S/C13H20N2O4S/c1-3-13(6-5-7-13)14-20(18,19)10-8-11(12(16)17)15(4-2)9-10/h8-9,14H,3-7H2,1-2H3,(H,16,17). The highest BCUT2D eigenvalue weighted by Gasteiger charge is 2.39. The first kappa shape index (κ1) is 15.1. The Morgan fingerprint density at radius 3 is 2.45 bits per heavy atom. The lowest BCUT2D eigenvalue weighted by atomic mass is 9.76. The van der Waals surface area contributed by atoms with Crippen LogP contribution < -0.4 is 4.72 Å². The van der Waals surface area contributed by atoms with Crippen LogP contribution in [0.25, 0.3) is 0 Å². The van der Waals surface area contributed by atoms with Crippen LogP contribution in [0.2, 0.25) is 0 Å². The molecule has 0 saturated heterocycles. The van der Waals surface area contributed by atoms with Crippen molar-refractivity contribution in [3.63, 3.8) is 0 Å². The van der Waals surface area contributed by atoms with Gasteiger partial charge >= 0.3 is 5.97 Å². The van der Waals surface area contributed by atoms with Gasteiger partial charge in [0.25, 0.3) is 0 Å². The third kappa shape index (κ3) is 2.60. The van der Waals surface area contributed by atoms with E-state index in [1.54, 1.807) is 6.92 Å². The third-order valence-electron chi connectivity index (χ3n) is 4.08. The summed E-state index contributed by atoms with van der Waals surface area (Å²) in [6.07, 6.45) is 4.82. The molecular weight excluding hydrogens is 280 g/mol. The average Bonchev–Trinajstić information content (AvgIpc) is 2.79. The smallest absolute Gasteiger partial charge is 0.352 e. The molecule has 1 aliphatic carbocycles. The number of nitrogens with one attached hydrogen (secondary N) is 1. The van der Waals surface area contributed by atoms with E-state index in [1.165, 1.54) is 16.8 Å². The molecule has 1 heterocycles. The van der Waals surface area contributed by atoms with Gasteiger partial charge in [0, 0.05) is 18.3 Å². The van der Waals surface area contributed by atoms with Crippen LogP contribution in [0.1, 0.15) is 50.0 Å². The van der Waals surface area contributed by atoms with Crippen molar-refractivity contribution in [1.82, 2.24) is 9.29 Å². The maximum atomic E-state index is 12.4. The summed E-state index contributed by atoms with van der Waals surface area (Å²) >= 11 is 0. The molecule has 112 valence electrons. The van der Waals surface area contributed by atoms with E-state index in [0.29, 0.717) is 6.54 Å². The second-order valence-electron chi connectivity index (χ2n) is 5.25. The van der Waals surface area contributed by atoms with Crippen molar-refractivity contribution < 1.29 is 18.3 Å². The molecule has 1 fully saturated rings. The average molecular weight is 300 g/mol. The largest absolute Gasteiger partial charge is 0.477 e. The molecule has 0 amide bonds. The minimum absolute atomic E-state index is 0.00738. The Hall–Kier alpha value is -1.34. The summed E-state index contributed by atoms with van der Waals surface area (Å²) in [5, 5.41) is 9.08.